The molecule has 5 nitrogen and oxygen atoms in total. The van der Waals surface area contributed by atoms with Crippen molar-refractivity contribution < 1.29 is 23.8 Å². The first kappa shape index (κ1) is 11.3. The van der Waals surface area contributed by atoms with Gasteiger partial charge in [-0.2, -0.15) is 0 Å². The third-order valence-corrected chi connectivity index (χ3v) is 3.83. The molecule has 5 heteroatoms. The Morgan fingerprint density at radius 2 is 2.17 bits per heavy atom. The molecule has 1 saturated carbocycles. The van der Waals surface area contributed by atoms with Gasteiger partial charge >= 0.3 is 12.3 Å². The van der Waals surface area contributed by atoms with Gasteiger partial charge in [-0.3, -0.25) is 0 Å². The minimum absolute atomic E-state index is 0.0906. The molecule has 0 aromatic carbocycles. The van der Waals surface area contributed by atoms with Crippen LogP contribution in [0.5, 0.6) is 0 Å². The second-order valence-corrected chi connectivity index (χ2v) is 5.32. The average molecular weight is 250 g/mol. The van der Waals surface area contributed by atoms with Crippen LogP contribution in [0.25, 0.3) is 0 Å². The highest BCUT2D eigenvalue weighted by atomic mass is 16.8. The second kappa shape index (κ2) is 3.60. The number of ether oxygens (including phenoxy) is 3. The van der Waals surface area contributed by atoms with Crippen LogP contribution >= 0.6 is 0 Å². The van der Waals surface area contributed by atoms with Crippen LogP contribution in [0.15, 0.2) is 24.3 Å². The Hall–Kier alpha value is -1.78. The van der Waals surface area contributed by atoms with Crippen molar-refractivity contribution in [3.05, 3.63) is 24.3 Å². The van der Waals surface area contributed by atoms with Crippen molar-refractivity contribution in [3.8, 4) is 0 Å². The SMILES string of the molecule is C=C(C)CC12C=CC(C1)C1OC(=O)OC(=O)OC12. The number of cyclic esters (lactones) is 2. The van der Waals surface area contributed by atoms with Crippen LogP contribution in [0.3, 0.4) is 0 Å². The van der Waals surface area contributed by atoms with E-state index in [9.17, 15) is 9.59 Å². The van der Waals surface area contributed by atoms with E-state index in [1.165, 1.54) is 0 Å². The summed E-state index contributed by atoms with van der Waals surface area (Å²) in [6.45, 7) is 5.85. The molecule has 2 aliphatic carbocycles. The van der Waals surface area contributed by atoms with E-state index in [0.717, 1.165) is 12.0 Å². The molecular formula is C13H14O5. The van der Waals surface area contributed by atoms with E-state index in [0.29, 0.717) is 6.42 Å². The van der Waals surface area contributed by atoms with Crippen LogP contribution in [0.2, 0.25) is 0 Å². The van der Waals surface area contributed by atoms with E-state index in [4.69, 9.17) is 9.47 Å². The zero-order valence-corrected chi connectivity index (χ0v) is 10.0. The molecule has 4 unspecified atom stereocenters. The van der Waals surface area contributed by atoms with Crippen molar-refractivity contribution in [2.75, 3.05) is 0 Å². The number of allylic oxidation sites excluding steroid dienone is 1. The number of rotatable bonds is 2. The molecule has 1 heterocycles. The van der Waals surface area contributed by atoms with E-state index < -0.39 is 24.5 Å². The highest BCUT2D eigenvalue weighted by molar-refractivity contribution is 5.78. The van der Waals surface area contributed by atoms with Crippen molar-refractivity contribution in [3.63, 3.8) is 0 Å². The third kappa shape index (κ3) is 1.54. The van der Waals surface area contributed by atoms with E-state index >= 15 is 0 Å². The standard InChI is InChI=1S/C13H14O5/c1-7(2)5-13-4-3-8(6-13)9-10(13)17-12(15)18-11(14)16-9/h3-4,8-10H,1,5-6H2,2H3. The van der Waals surface area contributed by atoms with Gasteiger partial charge in [0.2, 0.25) is 0 Å². The van der Waals surface area contributed by atoms with Gasteiger partial charge in [-0.1, -0.05) is 17.7 Å². The maximum absolute atomic E-state index is 11.3. The van der Waals surface area contributed by atoms with Crippen molar-refractivity contribution in [2.45, 2.75) is 32.0 Å². The van der Waals surface area contributed by atoms with Gasteiger partial charge in [-0.25, -0.2) is 9.59 Å². The first-order valence-electron chi connectivity index (χ1n) is 5.93. The summed E-state index contributed by atoms with van der Waals surface area (Å²) in [6.07, 6.45) is 2.75. The van der Waals surface area contributed by atoms with Crippen LogP contribution in [0, 0.1) is 11.3 Å². The zero-order chi connectivity index (χ0) is 12.9. The number of hydrogen-bond acceptors (Lipinski definition) is 5. The molecule has 96 valence electrons. The molecule has 1 aliphatic heterocycles. The lowest BCUT2D eigenvalue weighted by Gasteiger charge is -2.32. The number of fused-ring (bicyclic) bond motifs is 5. The molecule has 2 bridgehead atoms. The number of hydrogen-bond donors (Lipinski definition) is 0. The quantitative estimate of drug-likeness (QED) is 0.428. The largest absolute Gasteiger partial charge is 0.519 e. The summed E-state index contributed by atoms with van der Waals surface area (Å²) >= 11 is 0. The smallest absolute Gasteiger partial charge is 0.426 e. The van der Waals surface area contributed by atoms with Crippen LogP contribution in [-0.2, 0) is 14.2 Å². The van der Waals surface area contributed by atoms with Crippen molar-refractivity contribution in [2.24, 2.45) is 11.3 Å². The molecule has 0 amide bonds. The monoisotopic (exact) mass is 250 g/mol. The van der Waals surface area contributed by atoms with Crippen LogP contribution in [0.4, 0.5) is 9.59 Å². The minimum Gasteiger partial charge on any atom is -0.426 e. The summed E-state index contributed by atoms with van der Waals surface area (Å²) < 4.78 is 14.8. The predicted octanol–water partition coefficient (Wildman–Crippen LogP) is 2.57. The Labute approximate surface area is 104 Å². The summed E-state index contributed by atoms with van der Waals surface area (Å²) in [5.41, 5.74) is 0.707. The molecule has 2 fully saturated rings. The first-order chi connectivity index (χ1) is 8.50. The summed E-state index contributed by atoms with van der Waals surface area (Å²) in [4.78, 5) is 22.6. The second-order valence-electron chi connectivity index (χ2n) is 5.32. The summed E-state index contributed by atoms with van der Waals surface area (Å²) in [6, 6.07) is 0. The van der Waals surface area contributed by atoms with Gasteiger partial charge in [0.1, 0.15) is 6.10 Å². The fraction of sp³-hybridized carbons (Fsp3) is 0.538. The Balaban J connectivity index is 1.94. The lowest BCUT2D eigenvalue weighted by Crippen LogP contribution is -2.40. The van der Waals surface area contributed by atoms with Gasteiger partial charge in [0.15, 0.2) is 6.10 Å². The Kier molecular flexibility index (Phi) is 2.27. The van der Waals surface area contributed by atoms with Crippen molar-refractivity contribution >= 4 is 12.3 Å². The fourth-order valence-electron chi connectivity index (χ4n) is 3.34. The van der Waals surface area contributed by atoms with E-state index in [1.54, 1.807) is 0 Å². The molecule has 0 N–H and O–H groups in total. The van der Waals surface area contributed by atoms with Gasteiger partial charge in [-0.05, 0) is 19.8 Å². The van der Waals surface area contributed by atoms with Crippen LogP contribution < -0.4 is 0 Å². The number of carbonyl (C=O) groups excluding carboxylic acids is 2. The maximum Gasteiger partial charge on any atom is 0.519 e. The lowest BCUT2D eigenvalue weighted by molar-refractivity contribution is -0.0169. The number of carbonyl (C=O) groups is 2. The molecule has 3 aliphatic rings. The third-order valence-electron chi connectivity index (χ3n) is 3.83. The van der Waals surface area contributed by atoms with Crippen LogP contribution in [0.1, 0.15) is 19.8 Å². The van der Waals surface area contributed by atoms with Gasteiger partial charge < -0.3 is 14.2 Å². The summed E-state index contributed by atoms with van der Waals surface area (Å²) in [7, 11) is 0. The molecule has 1 saturated heterocycles. The molecule has 0 aromatic rings. The van der Waals surface area contributed by atoms with Gasteiger partial charge in [0, 0.05) is 11.3 Å². The maximum atomic E-state index is 11.3. The van der Waals surface area contributed by atoms with Gasteiger partial charge in [0.05, 0.1) is 0 Å². The molecule has 4 atom stereocenters. The zero-order valence-electron chi connectivity index (χ0n) is 10.0. The Bertz CT molecular complexity index is 466. The topological polar surface area (TPSA) is 61.8 Å². The molecule has 18 heavy (non-hydrogen) atoms. The normalized spacial score (nSPS) is 40.6. The molecule has 0 aromatic heterocycles. The van der Waals surface area contributed by atoms with E-state index in [-0.39, 0.29) is 11.3 Å². The van der Waals surface area contributed by atoms with Crippen molar-refractivity contribution in [1.82, 2.24) is 0 Å². The van der Waals surface area contributed by atoms with Gasteiger partial charge in [0.25, 0.3) is 0 Å². The highest BCUT2D eigenvalue weighted by Crippen LogP contribution is 2.55. The van der Waals surface area contributed by atoms with Gasteiger partial charge in [-0.15, -0.1) is 6.58 Å². The molecule has 0 spiro atoms. The lowest BCUT2D eigenvalue weighted by atomic mass is 9.79. The Morgan fingerprint density at radius 3 is 2.89 bits per heavy atom. The molecule has 3 rings (SSSR count). The molecule has 0 radical (unpaired) electrons. The van der Waals surface area contributed by atoms with E-state index in [2.05, 4.69) is 17.4 Å². The van der Waals surface area contributed by atoms with Crippen molar-refractivity contribution in [1.29, 1.82) is 0 Å². The molecular weight excluding hydrogens is 236 g/mol. The summed E-state index contributed by atoms with van der Waals surface area (Å²) in [5.74, 6) is 0.0906. The Morgan fingerprint density at radius 1 is 1.44 bits per heavy atom. The first-order valence-corrected chi connectivity index (χ1v) is 5.93. The summed E-state index contributed by atoms with van der Waals surface area (Å²) in [5, 5.41) is 0. The van der Waals surface area contributed by atoms with Crippen LogP contribution in [-0.4, -0.2) is 24.5 Å². The predicted molar refractivity (Wildman–Crippen MR) is 60.7 cm³/mol. The average Bonchev–Trinajstić information content (AvgIpc) is 2.70. The van der Waals surface area contributed by atoms with E-state index in [1.807, 2.05) is 13.0 Å². The minimum atomic E-state index is -0.977. The highest BCUT2D eigenvalue weighted by Gasteiger charge is 2.60. The fourth-order valence-corrected chi connectivity index (χ4v) is 3.34.